The van der Waals surface area contributed by atoms with Crippen molar-refractivity contribution < 1.29 is 31.8 Å². The summed E-state index contributed by atoms with van der Waals surface area (Å²) < 4.78 is 71.8. The number of ether oxygens (including phenoxy) is 1. The quantitative estimate of drug-likeness (QED) is 0.492. The van der Waals surface area contributed by atoms with Crippen LogP contribution in [0.15, 0.2) is 23.1 Å². The molecule has 128 valence electrons. The van der Waals surface area contributed by atoms with Crippen molar-refractivity contribution >= 4 is 11.8 Å². The van der Waals surface area contributed by atoms with Crippen LogP contribution in [0, 0.1) is 5.92 Å². The van der Waals surface area contributed by atoms with Gasteiger partial charge in [-0.3, -0.25) is 0 Å². The first-order valence-electron chi connectivity index (χ1n) is 7.25. The van der Waals surface area contributed by atoms with Crippen molar-refractivity contribution in [3.63, 3.8) is 0 Å². The van der Waals surface area contributed by atoms with Gasteiger partial charge in [-0.05, 0) is 42.2 Å². The van der Waals surface area contributed by atoms with Crippen molar-refractivity contribution in [2.75, 3.05) is 6.61 Å². The Labute approximate surface area is 134 Å². The van der Waals surface area contributed by atoms with Gasteiger partial charge < -0.3 is 9.84 Å². The van der Waals surface area contributed by atoms with Gasteiger partial charge >= 0.3 is 11.4 Å². The van der Waals surface area contributed by atoms with Crippen LogP contribution in [0.1, 0.15) is 30.4 Å². The van der Waals surface area contributed by atoms with Gasteiger partial charge in [-0.25, -0.2) is 0 Å². The Bertz CT molecular complexity index is 600. The minimum atomic E-state index is -4.64. The highest BCUT2D eigenvalue weighted by Crippen LogP contribution is 2.54. The van der Waals surface area contributed by atoms with E-state index in [0.717, 1.165) is 25.3 Å². The summed E-state index contributed by atoms with van der Waals surface area (Å²) in [4.78, 5) is -0.441. The summed E-state index contributed by atoms with van der Waals surface area (Å²) in [5.41, 5.74) is -5.10. The van der Waals surface area contributed by atoms with Gasteiger partial charge in [0.05, 0.1) is 6.61 Å². The number of aliphatic hydroxyl groups is 1. The molecule has 1 aromatic carbocycles. The third kappa shape index (κ3) is 3.08. The Morgan fingerprint density at radius 1 is 1.26 bits per heavy atom. The van der Waals surface area contributed by atoms with Crippen molar-refractivity contribution in [3.05, 3.63) is 29.3 Å². The van der Waals surface area contributed by atoms with Crippen LogP contribution in [-0.2, 0) is 16.9 Å². The van der Waals surface area contributed by atoms with E-state index < -0.39 is 45.9 Å². The van der Waals surface area contributed by atoms with Crippen molar-refractivity contribution in [1.29, 1.82) is 0 Å². The van der Waals surface area contributed by atoms with Gasteiger partial charge in [0.2, 0.25) is 0 Å². The molecule has 1 aromatic rings. The van der Waals surface area contributed by atoms with Crippen molar-refractivity contribution in [2.45, 2.75) is 47.8 Å². The highest BCUT2D eigenvalue weighted by Gasteiger charge is 2.62. The molecule has 0 spiro atoms. The Balaban J connectivity index is 1.96. The summed E-state index contributed by atoms with van der Waals surface area (Å²) in [6.07, 6.45) is 1.76. The number of hydrogen-bond donors (Lipinski definition) is 1. The third-order valence-corrected chi connectivity index (χ3v) is 5.13. The van der Waals surface area contributed by atoms with E-state index >= 15 is 0 Å². The van der Waals surface area contributed by atoms with E-state index in [9.17, 15) is 27.1 Å². The summed E-state index contributed by atoms with van der Waals surface area (Å²) >= 11 is -0.510. The molecular formula is C15H15F5O2S. The molecule has 0 bridgehead atoms. The monoisotopic (exact) mass is 354 g/mol. The van der Waals surface area contributed by atoms with Gasteiger partial charge in [0.25, 0.3) is 5.79 Å². The Kier molecular flexibility index (Phi) is 4.13. The average Bonchev–Trinajstić information content (AvgIpc) is 2.53. The van der Waals surface area contributed by atoms with E-state index in [0.29, 0.717) is 0 Å². The summed E-state index contributed by atoms with van der Waals surface area (Å²) in [5, 5.41) is 10.5. The van der Waals surface area contributed by atoms with Crippen LogP contribution in [0.5, 0.6) is 0 Å². The van der Waals surface area contributed by atoms with Crippen molar-refractivity contribution in [1.82, 2.24) is 0 Å². The molecule has 1 unspecified atom stereocenters. The summed E-state index contributed by atoms with van der Waals surface area (Å²) in [5.74, 6) is -6.60. The molecule has 1 fully saturated rings. The van der Waals surface area contributed by atoms with E-state index in [1.54, 1.807) is 0 Å². The fourth-order valence-electron chi connectivity index (χ4n) is 2.94. The molecule has 0 amide bonds. The summed E-state index contributed by atoms with van der Waals surface area (Å²) in [7, 11) is 0. The lowest BCUT2D eigenvalue weighted by Crippen LogP contribution is -2.46. The first-order valence-corrected chi connectivity index (χ1v) is 8.06. The predicted octanol–water partition coefficient (Wildman–Crippen LogP) is 4.45. The molecule has 2 aliphatic carbocycles. The zero-order chi connectivity index (χ0) is 16.9. The SMILES string of the molecule is OC1(OCC2CCC2)c2c(cccc2SC(F)(F)F)CC1(F)F. The lowest BCUT2D eigenvalue weighted by Gasteiger charge is -2.35. The van der Waals surface area contributed by atoms with Gasteiger partial charge in [0.15, 0.2) is 0 Å². The maximum Gasteiger partial charge on any atom is 0.446 e. The molecule has 3 rings (SSSR count). The fourth-order valence-corrected chi connectivity index (χ4v) is 3.70. The van der Waals surface area contributed by atoms with E-state index in [2.05, 4.69) is 0 Å². The number of rotatable bonds is 4. The van der Waals surface area contributed by atoms with Crippen LogP contribution in [-0.4, -0.2) is 23.1 Å². The molecule has 23 heavy (non-hydrogen) atoms. The summed E-state index contributed by atoms with van der Waals surface area (Å²) in [6.45, 7) is -0.0868. The molecule has 0 aromatic heterocycles. The molecule has 0 heterocycles. The predicted molar refractivity (Wildman–Crippen MR) is 74.2 cm³/mol. The normalized spacial score (nSPS) is 26.9. The fraction of sp³-hybridized carbons (Fsp3) is 0.600. The largest absolute Gasteiger partial charge is 0.446 e. The van der Waals surface area contributed by atoms with E-state index in [1.807, 2.05) is 0 Å². The lowest BCUT2D eigenvalue weighted by molar-refractivity contribution is -0.324. The number of hydrogen-bond acceptors (Lipinski definition) is 3. The molecular weight excluding hydrogens is 339 g/mol. The minimum Gasteiger partial charge on any atom is -0.357 e. The van der Waals surface area contributed by atoms with Gasteiger partial charge in [0.1, 0.15) is 0 Å². The van der Waals surface area contributed by atoms with Crippen molar-refractivity contribution in [3.8, 4) is 0 Å². The second-order valence-electron chi connectivity index (χ2n) is 5.97. The highest BCUT2D eigenvalue weighted by atomic mass is 32.2. The van der Waals surface area contributed by atoms with E-state index in [1.165, 1.54) is 12.1 Å². The maximum atomic E-state index is 14.3. The average molecular weight is 354 g/mol. The molecule has 2 nitrogen and oxygen atoms in total. The van der Waals surface area contributed by atoms with E-state index in [-0.39, 0.29) is 18.1 Å². The lowest BCUT2D eigenvalue weighted by atomic mass is 9.86. The van der Waals surface area contributed by atoms with Gasteiger partial charge in [-0.1, -0.05) is 18.6 Å². The van der Waals surface area contributed by atoms with E-state index in [4.69, 9.17) is 4.74 Å². The maximum absolute atomic E-state index is 14.3. The molecule has 0 radical (unpaired) electrons. The van der Waals surface area contributed by atoms with Crippen LogP contribution < -0.4 is 0 Å². The molecule has 0 aliphatic heterocycles. The van der Waals surface area contributed by atoms with Crippen LogP contribution in [0.4, 0.5) is 22.0 Å². The van der Waals surface area contributed by atoms with Gasteiger partial charge in [-0.2, -0.15) is 22.0 Å². The molecule has 1 N–H and O–H groups in total. The molecule has 2 aliphatic rings. The minimum absolute atomic E-state index is 0.0136. The third-order valence-electron chi connectivity index (χ3n) is 4.34. The second kappa shape index (κ2) is 5.60. The van der Waals surface area contributed by atoms with Crippen LogP contribution >= 0.6 is 11.8 Å². The van der Waals surface area contributed by atoms with Crippen LogP contribution in [0.3, 0.4) is 0 Å². The second-order valence-corrected chi connectivity index (χ2v) is 7.08. The van der Waals surface area contributed by atoms with Crippen LogP contribution in [0.25, 0.3) is 0 Å². The Morgan fingerprint density at radius 2 is 1.96 bits per heavy atom. The standard InChI is InChI=1S/C15H15F5O2S/c16-13(17)7-10-5-2-6-11(23-15(18,19)20)12(10)14(13,21)22-8-9-3-1-4-9/h2,5-6,9,21H,1,3-4,7-8H2. The zero-order valence-electron chi connectivity index (χ0n) is 12.0. The number of halogens is 5. The zero-order valence-corrected chi connectivity index (χ0v) is 12.8. The van der Waals surface area contributed by atoms with Crippen molar-refractivity contribution in [2.24, 2.45) is 5.92 Å². The topological polar surface area (TPSA) is 29.5 Å². The number of fused-ring (bicyclic) bond motifs is 1. The highest BCUT2D eigenvalue weighted by molar-refractivity contribution is 8.00. The molecule has 0 saturated heterocycles. The Hall–Kier alpha value is -0.860. The Morgan fingerprint density at radius 3 is 2.52 bits per heavy atom. The molecule has 8 heteroatoms. The van der Waals surface area contributed by atoms with Gasteiger partial charge in [-0.15, -0.1) is 0 Å². The first-order chi connectivity index (χ1) is 10.6. The number of benzene rings is 1. The molecule has 1 atom stereocenters. The number of alkyl halides is 5. The smallest absolute Gasteiger partial charge is 0.357 e. The molecule has 1 saturated carbocycles. The first kappa shape index (κ1) is 17.0. The number of thioether (sulfide) groups is 1. The van der Waals surface area contributed by atoms with Crippen LogP contribution in [0.2, 0.25) is 0 Å². The van der Waals surface area contributed by atoms with Gasteiger partial charge in [0, 0.05) is 16.9 Å². The summed E-state index contributed by atoms with van der Waals surface area (Å²) in [6, 6.07) is 3.66.